The third-order valence-electron chi connectivity index (χ3n) is 3.60. The van der Waals surface area contributed by atoms with E-state index in [0.29, 0.717) is 10.7 Å². The molecule has 0 radical (unpaired) electrons. The first-order valence-corrected chi connectivity index (χ1v) is 7.80. The van der Waals surface area contributed by atoms with Gasteiger partial charge in [-0.15, -0.1) is 0 Å². The predicted molar refractivity (Wildman–Crippen MR) is 94.4 cm³/mol. The van der Waals surface area contributed by atoms with Crippen LogP contribution in [0.25, 0.3) is 0 Å². The Kier molecular flexibility index (Phi) is 5.82. The Hall–Kier alpha value is -2.53. The summed E-state index contributed by atoms with van der Waals surface area (Å²) in [5.74, 6) is -0.725. The van der Waals surface area contributed by atoms with Crippen LogP contribution in [0.3, 0.4) is 0 Å². The van der Waals surface area contributed by atoms with Crippen molar-refractivity contribution in [3.63, 3.8) is 0 Å². The number of aryl methyl sites for hydroxylation is 1. The molecule has 0 spiro atoms. The van der Waals surface area contributed by atoms with Gasteiger partial charge in [-0.3, -0.25) is 9.59 Å². The Morgan fingerprint density at radius 2 is 1.75 bits per heavy atom. The summed E-state index contributed by atoms with van der Waals surface area (Å²) >= 11 is 6.00. The normalized spacial score (nSPS) is 11.5. The molecule has 0 aliphatic heterocycles. The third kappa shape index (κ3) is 4.49. The van der Waals surface area contributed by atoms with E-state index in [0.717, 1.165) is 16.9 Å². The molecular formula is C18H19ClN2O3. The number of amides is 2. The largest absolute Gasteiger partial charge is 0.497 e. The van der Waals surface area contributed by atoms with Gasteiger partial charge in [0.2, 0.25) is 0 Å². The predicted octanol–water partition coefficient (Wildman–Crippen LogP) is 3.47. The Morgan fingerprint density at radius 1 is 1.08 bits per heavy atom. The van der Waals surface area contributed by atoms with E-state index < -0.39 is 11.8 Å². The van der Waals surface area contributed by atoms with Gasteiger partial charge < -0.3 is 15.4 Å². The van der Waals surface area contributed by atoms with Gasteiger partial charge in [0.15, 0.2) is 0 Å². The highest BCUT2D eigenvalue weighted by Gasteiger charge is 2.17. The van der Waals surface area contributed by atoms with E-state index in [1.165, 1.54) is 0 Å². The van der Waals surface area contributed by atoms with E-state index >= 15 is 0 Å². The summed E-state index contributed by atoms with van der Waals surface area (Å²) in [7, 11) is 1.59. The highest BCUT2D eigenvalue weighted by atomic mass is 35.5. The van der Waals surface area contributed by atoms with Crippen LogP contribution in [-0.2, 0) is 9.59 Å². The number of carbonyl (C=O) groups is 2. The van der Waals surface area contributed by atoms with Gasteiger partial charge >= 0.3 is 11.8 Å². The van der Waals surface area contributed by atoms with Crippen molar-refractivity contribution in [2.24, 2.45) is 0 Å². The summed E-state index contributed by atoms with van der Waals surface area (Å²) in [5.41, 5.74) is 2.24. The minimum Gasteiger partial charge on any atom is -0.497 e. The van der Waals surface area contributed by atoms with Gasteiger partial charge in [-0.1, -0.05) is 29.8 Å². The molecule has 5 nitrogen and oxygen atoms in total. The van der Waals surface area contributed by atoms with E-state index in [4.69, 9.17) is 16.3 Å². The second kappa shape index (κ2) is 7.84. The topological polar surface area (TPSA) is 67.4 Å². The fourth-order valence-electron chi connectivity index (χ4n) is 2.10. The third-order valence-corrected chi connectivity index (χ3v) is 4.01. The lowest BCUT2D eigenvalue weighted by Gasteiger charge is -2.14. The van der Waals surface area contributed by atoms with Crippen molar-refractivity contribution in [2.75, 3.05) is 12.4 Å². The summed E-state index contributed by atoms with van der Waals surface area (Å²) < 4.78 is 5.09. The molecule has 0 aliphatic carbocycles. The van der Waals surface area contributed by atoms with Crippen LogP contribution in [0.15, 0.2) is 42.5 Å². The standard InChI is InChI=1S/C18H19ClN2O3/c1-11-4-7-14(10-16(11)19)21-18(23)17(22)20-12(2)13-5-8-15(24-3)9-6-13/h4-10,12H,1-3H3,(H,20,22)(H,21,23). The second-order valence-corrected chi connectivity index (χ2v) is 5.79. The van der Waals surface area contributed by atoms with Crippen molar-refractivity contribution >= 4 is 29.1 Å². The summed E-state index contributed by atoms with van der Waals surface area (Å²) in [5, 5.41) is 5.71. The van der Waals surface area contributed by atoms with Crippen molar-refractivity contribution in [3.05, 3.63) is 58.6 Å². The molecule has 6 heteroatoms. The fourth-order valence-corrected chi connectivity index (χ4v) is 2.28. The first-order chi connectivity index (χ1) is 11.4. The van der Waals surface area contributed by atoms with Crippen molar-refractivity contribution in [1.29, 1.82) is 0 Å². The van der Waals surface area contributed by atoms with Gasteiger partial charge in [0.25, 0.3) is 0 Å². The number of hydrogen-bond donors (Lipinski definition) is 2. The van der Waals surface area contributed by atoms with Crippen LogP contribution in [0.2, 0.25) is 5.02 Å². The van der Waals surface area contributed by atoms with Gasteiger partial charge in [0.05, 0.1) is 13.2 Å². The Morgan fingerprint density at radius 3 is 2.33 bits per heavy atom. The van der Waals surface area contributed by atoms with E-state index in [1.807, 2.05) is 19.1 Å². The smallest absolute Gasteiger partial charge is 0.313 e. The van der Waals surface area contributed by atoms with Crippen LogP contribution in [0.1, 0.15) is 24.1 Å². The van der Waals surface area contributed by atoms with Crippen LogP contribution in [0.5, 0.6) is 5.75 Å². The molecule has 0 aliphatic rings. The maximum Gasteiger partial charge on any atom is 0.313 e. The molecule has 2 rings (SSSR count). The molecule has 0 heterocycles. The summed E-state index contributed by atoms with van der Waals surface area (Å²) in [6.45, 7) is 3.66. The van der Waals surface area contributed by atoms with E-state index in [2.05, 4.69) is 10.6 Å². The van der Waals surface area contributed by atoms with Gasteiger partial charge in [-0.2, -0.15) is 0 Å². The van der Waals surface area contributed by atoms with Gasteiger partial charge in [-0.05, 0) is 49.2 Å². The highest BCUT2D eigenvalue weighted by molar-refractivity contribution is 6.40. The number of hydrogen-bond acceptors (Lipinski definition) is 3. The molecule has 1 atom stereocenters. The zero-order valence-electron chi connectivity index (χ0n) is 13.7. The molecule has 24 heavy (non-hydrogen) atoms. The number of nitrogens with one attached hydrogen (secondary N) is 2. The average Bonchev–Trinajstić information content (AvgIpc) is 2.58. The minimum atomic E-state index is -0.740. The lowest BCUT2D eigenvalue weighted by atomic mass is 10.1. The van der Waals surface area contributed by atoms with Gasteiger partial charge in [0.1, 0.15) is 5.75 Å². The Bertz CT molecular complexity index is 744. The molecule has 0 saturated heterocycles. The van der Waals surface area contributed by atoms with Crippen LogP contribution < -0.4 is 15.4 Å². The quantitative estimate of drug-likeness (QED) is 0.833. The first kappa shape index (κ1) is 17.8. The van der Waals surface area contributed by atoms with E-state index in [-0.39, 0.29) is 6.04 Å². The van der Waals surface area contributed by atoms with Crippen LogP contribution >= 0.6 is 11.6 Å². The number of ether oxygens (including phenoxy) is 1. The fraction of sp³-hybridized carbons (Fsp3) is 0.222. The van der Waals surface area contributed by atoms with Crippen molar-refractivity contribution in [3.8, 4) is 5.75 Å². The van der Waals surface area contributed by atoms with Crippen molar-refractivity contribution in [1.82, 2.24) is 5.32 Å². The number of anilines is 1. The molecule has 126 valence electrons. The lowest BCUT2D eigenvalue weighted by molar-refractivity contribution is -0.136. The summed E-state index contributed by atoms with van der Waals surface area (Å²) in [6, 6.07) is 12.0. The average molecular weight is 347 g/mol. The monoisotopic (exact) mass is 346 g/mol. The molecule has 2 aromatic carbocycles. The minimum absolute atomic E-state index is 0.309. The summed E-state index contributed by atoms with van der Waals surface area (Å²) in [4.78, 5) is 24.0. The lowest BCUT2D eigenvalue weighted by Crippen LogP contribution is -2.36. The molecule has 2 amide bonds. The SMILES string of the molecule is COc1ccc(C(C)NC(=O)C(=O)Nc2ccc(C)c(Cl)c2)cc1. The van der Waals surface area contributed by atoms with Crippen LogP contribution in [-0.4, -0.2) is 18.9 Å². The zero-order valence-corrected chi connectivity index (χ0v) is 14.5. The highest BCUT2D eigenvalue weighted by Crippen LogP contribution is 2.20. The number of halogens is 1. The van der Waals surface area contributed by atoms with Crippen molar-refractivity contribution in [2.45, 2.75) is 19.9 Å². The molecule has 2 aromatic rings. The number of rotatable bonds is 4. The number of methoxy groups -OCH3 is 1. The zero-order chi connectivity index (χ0) is 17.7. The molecular weight excluding hydrogens is 328 g/mol. The molecule has 0 bridgehead atoms. The summed E-state index contributed by atoms with van der Waals surface area (Å²) in [6.07, 6.45) is 0. The maximum atomic E-state index is 12.0. The molecule has 0 fully saturated rings. The molecule has 2 N–H and O–H groups in total. The van der Waals surface area contributed by atoms with Gasteiger partial charge in [-0.25, -0.2) is 0 Å². The van der Waals surface area contributed by atoms with Crippen molar-refractivity contribution < 1.29 is 14.3 Å². The van der Waals surface area contributed by atoms with E-state index in [9.17, 15) is 9.59 Å². The second-order valence-electron chi connectivity index (χ2n) is 5.39. The Balaban J connectivity index is 1.97. The number of carbonyl (C=O) groups excluding carboxylic acids is 2. The first-order valence-electron chi connectivity index (χ1n) is 7.42. The molecule has 0 aromatic heterocycles. The van der Waals surface area contributed by atoms with Crippen LogP contribution in [0.4, 0.5) is 5.69 Å². The number of benzene rings is 2. The van der Waals surface area contributed by atoms with Gasteiger partial charge in [0, 0.05) is 10.7 Å². The molecule has 1 unspecified atom stereocenters. The van der Waals surface area contributed by atoms with E-state index in [1.54, 1.807) is 44.4 Å². The molecule has 0 saturated carbocycles. The maximum absolute atomic E-state index is 12.0. The van der Waals surface area contributed by atoms with Crippen LogP contribution in [0, 0.1) is 6.92 Å². The Labute approximate surface area is 146 Å².